The van der Waals surface area contributed by atoms with Crippen LogP contribution in [-0.4, -0.2) is 14.8 Å². The zero-order chi connectivity index (χ0) is 17.1. The normalized spacial score (nSPS) is 12.3. The SMILES string of the molecule is Cc1c(C(C)NCc2ccccn2)cnn1-c1ccc(F)cc1F. The van der Waals surface area contributed by atoms with Gasteiger partial charge in [-0.2, -0.15) is 5.10 Å². The predicted molar refractivity (Wildman–Crippen MR) is 87.7 cm³/mol. The number of pyridine rings is 1. The molecule has 24 heavy (non-hydrogen) atoms. The van der Waals surface area contributed by atoms with Crippen LogP contribution in [0.3, 0.4) is 0 Å². The Kier molecular flexibility index (Phi) is 4.66. The summed E-state index contributed by atoms with van der Waals surface area (Å²) in [4.78, 5) is 4.27. The molecule has 4 nitrogen and oxygen atoms in total. The molecule has 3 aromatic rings. The Hall–Kier alpha value is -2.60. The van der Waals surface area contributed by atoms with Crippen LogP contribution in [0.5, 0.6) is 0 Å². The topological polar surface area (TPSA) is 42.7 Å². The number of nitrogens with one attached hydrogen (secondary N) is 1. The summed E-state index contributed by atoms with van der Waals surface area (Å²) in [5.41, 5.74) is 2.94. The fourth-order valence-corrected chi connectivity index (χ4v) is 2.61. The summed E-state index contributed by atoms with van der Waals surface area (Å²) >= 11 is 0. The van der Waals surface area contributed by atoms with Gasteiger partial charge in [0.25, 0.3) is 0 Å². The molecule has 1 N–H and O–H groups in total. The minimum absolute atomic E-state index is 0.0178. The van der Waals surface area contributed by atoms with Crippen LogP contribution in [-0.2, 0) is 6.54 Å². The van der Waals surface area contributed by atoms with Gasteiger partial charge in [0.1, 0.15) is 11.5 Å². The summed E-state index contributed by atoms with van der Waals surface area (Å²) in [6.07, 6.45) is 3.45. The Morgan fingerprint density at radius 1 is 1.21 bits per heavy atom. The first kappa shape index (κ1) is 16.3. The van der Waals surface area contributed by atoms with Gasteiger partial charge in [0.05, 0.1) is 11.9 Å². The Bertz CT molecular complexity index is 830. The third kappa shape index (κ3) is 3.33. The first-order valence-electron chi connectivity index (χ1n) is 7.69. The number of halogens is 2. The molecular weight excluding hydrogens is 310 g/mol. The van der Waals surface area contributed by atoms with E-state index < -0.39 is 11.6 Å². The van der Waals surface area contributed by atoms with Crippen LogP contribution in [0.4, 0.5) is 8.78 Å². The largest absolute Gasteiger partial charge is 0.304 e. The van der Waals surface area contributed by atoms with Crippen molar-refractivity contribution in [2.24, 2.45) is 0 Å². The lowest BCUT2D eigenvalue weighted by atomic mass is 10.1. The standard InChI is InChI=1S/C18H18F2N4/c1-12(22-10-15-5-3-4-8-21-15)16-11-23-24(13(16)2)18-7-6-14(19)9-17(18)20/h3-9,11-12,22H,10H2,1-2H3. The molecule has 0 aliphatic carbocycles. The van der Waals surface area contributed by atoms with Crippen molar-refractivity contribution in [3.63, 3.8) is 0 Å². The first-order valence-corrected chi connectivity index (χ1v) is 7.69. The van der Waals surface area contributed by atoms with Crippen LogP contribution in [0.2, 0.25) is 0 Å². The molecule has 0 radical (unpaired) electrons. The van der Waals surface area contributed by atoms with Gasteiger partial charge in [-0.15, -0.1) is 0 Å². The monoisotopic (exact) mass is 328 g/mol. The van der Waals surface area contributed by atoms with Gasteiger partial charge in [-0.1, -0.05) is 6.07 Å². The Labute approximate surface area is 139 Å². The lowest BCUT2D eigenvalue weighted by Crippen LogP contribution is -2.19. The van der Waals surface area contributed by atoms with E-state index in [9.17, 15) is 8.78 Å². The van der Waals surface area contributed by atoms with Crippen molar-refractivity contribution in [3.8, 4) is 5.69 Å². The van der Waals surface area contributed by atoms with E-state index >= 15 is 0 Å². The highest BCUT2D eigenvalue weighted by Crippen LogP contribution is 2.22. The van der Waals surface area contributed by atoms with Crippen LogP contribution in [0.15, 0.2) is 48.8 Å². The second kappa shape index (κ2) is 6.88. The maximum atomic E-state index is 14.0. The summed E-state index contributed by atoms with van der Waals surface area (Å²) in [6.45, 7) is 4.50. The van der Waals surface area contributed by atoms with Gasteiger partial charge < -0.3 is 5.32 Å². The molecule has 2 heterocycles. The molecule has 3 rings (SSSR count). The molecule has 2 aromatic heterocycles. The molecular formula is C18H18F2N4. The zero-order valence-electron chi connectivity index (χ0n) is 13.5. The quantitative estimate of drug-likeness (QED) is 0.776. The van der Waals surface area contributed by atoms with Crippen LogP contribution in [0.1, 0.15) is 29.9 Å². The van der Waals surface area contributed by atoms with Crippen molar-refractivity contribution in [1.29, 1.82) is 0 Å². The van der Waals surface area contributed by atoms with Gasteiger partial charge in [-0.3, -0.25) is 4.98 Å². The Morgan fingerprint density at radius 2 is 2.04 bits per heavy atom. The van der Waals surface area contributed by atoms with E-state index in [2.05, 4.69) is 15.4 Å². The molecule has 124 valence electrons. The minimum Gasteiger partial charge on any atom is -0.304 e. The lowest BCUT2D eigenvalue weighted by molar-refractivity contribution is 0.562. The highest BCUT2D eigenvalue weighted by atomic mass is 19.1. The van der Waals surface area contributed by atoms with Gasteiger partial charge in [0.2, 0.25) is 0 Å². The minimum atomic E-state index is -0.637. The van der Waals surface area contributed by atoms with Gasteiger partial charge in [-0.05, 0) is 38.1 Å². The number of aromatic nitrogens is 3. The molecule has 0 amide bonds. The van der Waals surface area contributed by atoms with Crippen molar-refractivity contribution >= 4 is 0 Å². The second-order valence-corrected chi connectivity index (χ2v) is 5.62. The maximum absolute atomic E-state index is 14.0. The molecule has 1 aromatic carbocycles. The van der Waals surface area contributed by atoms with Gasteiger partial charge in [-0.25, -0.2) is 13.5 Å². The lowest BCUT2D eigenvalue weighted by Gasteiger charge is -2.14. The van der Waals surface area contributed by atoms with E-state index in [4.69, 9.17) is 0 Å². The van der Waals surface area contributed by atoms with Crippen molar-refractivity contribution in [2.45, 2.75) is 26.4 Å². The molecule has 0 saturated carbocycles. The first-order chi connectivity index (χ1) is 11.6. The number of rotatable bonds is 5. The summed E-state index contributed by atoms with van der Waals surface area (Å²) in [6, 6.07) is 9.25. The van der Waals surface area contributed by atoms with Crippen LogP contribution < -0.4 is 5.32 Å². The predicted octanol–water partition coefficient (Wildman–Crippen LogP) is 3.70. The fraction of sp³-hybridized carbons (Fsp3) is 0.222. The Morgan fingerprint density at radius 3 is 2.75 bits per heavy atom. The van der Waals surface area contributed by atoms with E-state index in [-0.39, 0.29) is 11.7 Å². The summed E-state index contributed by atoms with van der Waals surface area (Å²) in [5, 5.41) is 7.63. The number of nitrogens with zero attached hydrogens (tertiary/aromatic N) is 3. The van der Waals surface area contributed by atoms with Crippen LogP contribution in [0, 0.1) is 18.6 Å². The Balaban J connectivity index is 1.79. The molecule has 0 spiro atoms. The average molecular weight is 328 g/mol. The molecule has 0 bridgehead atoms. The highest BCUT2D eigenvalue weighted by molar-refractivity contribution is 5.37. The van der Waals surface area contributed by atoms with Crippen LogP contribution >= 0.6 is 0 Å². The second-order valence-electron chi connectivity index (χ2n) is 5.62. The molecule has 0 fully saturated rings. The van der Waals surface area contributed by atoms with E-state index in [1.54, 1.807) is 12.4 Å². The molecule has 0 saturated heterocycles. The number of benzene rings is 1. The molecule has 0 aliphatic rings. The van der Waals surface area contributed by atoms with E-state index in [0.29, 0.717) is 6.54 Å². The highest BCUT2D eigenvalue weighted by Gasteiger charge is 2.16. The van der Waals surface area contributed by atoms with E-state index in [0.717, 1.165) is 23.0 Å². The maximum Gasteiger partial charge on any atom is 0.151 e. The van der Waals surface area contributed by atoms with Crippen molar-refractivity contribution < 1.29 is 8.78 Å². The fourth-order valence-electron chi connectivity index (χ4n) is 2.61. The van der Waals surface area contributed by atoms with E-state index in [1.807, 2.05) is 32.0 Å². The third-order valence-corrected chi connectivity index (χ3v) is 3.97. The molecule has 1 atom stereocenters. The summed E-state index contributed by atoms with van der Waals surface area (Å²) < 4.78 is 28.5. The van der Waals surface area contributed by atoms with E-state index in [1.165, 1.54) is 16.8 Å². The number of hydrogen-bond donors (Lipinski definition) is 1. The average Bonchev–Trinajstić information content (AvgIpc) is 2.95. The van der Waals surface area contributed by atoms with Crippen molar-refractivity contribution in [3.05, 3.63) is 77.4 Å². The van der Waals surface area contributed by atoms with Crippen molar-refractivity contribution in [2.75, 3.05) is 0 Å². The van der Waals surface area contributed by atoms with Crippen molar-refractivity contribution in [1.82, 2.24) is 20.1 Å². The van der Waals surface area contributed by atoms with Gasteiger partial charge in [0, 0.05) is 36.1 Å². The summed E-state index contributed by atoms with van der Waals surface area (Å²) in [5.74, 6) is -1.24. The molecule has 1 unspecified atom stereocenters. The smallest absolute Gasteiger partial charge is 0.151 e. The van der Waals surface area contributed by atoms with Gasteiger partial charge in [0.15, 0.2) is 5.82 Å². The van der Waals surface area contributed by atoms with Gasteiger partial charge >= 0.3 is 0 Å². The van der Waals surface area contributed by atoms with Crippen LogP contribution in [0.25, 0.3) is 5.69 Å². The third-order valence-electron chi connectivity index (χ3n) is 3.97. The zero-order valence-corrected chi connectivity index (χ0v) is 13.5. The number of hydrogen-bond acceptors (Lipinski definition) is 3. The summed E-state index contributed by atoms with van der Waals surface area (Å²) in [7, 11) is 0. The molecule has 6 heteroatoms. The molecule has 0 aliphatic heterocycles.